The van der Waals surface area contributed by atoms with Gasteiger partial charge < -0.3 is 4.90 Å². The van der Waals surface area contributed by atoms with Gasteiger partial charge in [0.15, 0.2) is 0 Å². The van der Waals surface area contributed by atoms with Crippen molar-refractivity contribution >= 4 is 11.7 Å². The minimum absolute atomic E-state index is 0.149. The van der Waals surface area contributed by atoms with Crippen molar-refractivity contribution in [3.05, 3.63) is 0 Å². The lowest BCUT2D eigenvalue weighted by molar-refractivity contribution is -0.138. The van der Waals surface area contributed by atoms with Gasteiger partial charge in [-0.05, 0) is 25.7 Å². The number of Topliss-reactive ketones (excluding diaryl/α,β-unsaturated/α-hetero) is 1. The van der Waals surface area contributed by atoms with Crippen molar-refractivity contribution < 1.29 is 18.4 Å². The number of rotatable bonds is 5. The highest BCUT2D eigenvalue weighted by Crippen LogP contribution is 2.50. The van der Waals surface area contributed by atoms with Crippen LogP contribution in [0.1, 0.15) is 51.9 Å². The largest absolute Gasteiger partial charge is 0.339 e. The number of ketones is 1. The van der Waals surface area contributed by atoms with Crippen LogP contribution in [0.5, 0.6) is 0 Å². The lowest BCUT2D eigenvalue weighted by Crippen LogP contribution is -2.44. The number of nitrogens with zero attached hydrogens (tertiary/aromatic N) is 1. The van der Waals surface area contributed by atoms with Gasteiger partial charge in [-0.2, -0.15) is 0 Å². The first-order valence-electron chi connectivity index (χ1n) is 7.13. The molecule has 2 atom stereocenters. The summed E-state index contributed by atoms with van der Waals surface area (Å²) in [5.41, 5.74) is 0. The van der Waals surface area contributed by atoms with E-state index < -0.39 is 11.8 Å². The molecule has 108 valence electrons. The molecule has 0 bridgehead atoms. The second-order valence-electron chi connectivity index (χ2n) is 5.73. The van der Waals surface area contributed by atoms with Crippen LogP contribution >= 0.6 is 0 Å². The van der Waals surface area contributed by atoms with Crippen molar-refractivity contribution in [2.45, 2.75) is 63.8 Å². The van der Waals surface area contributed by atoms with Crippen LogP contribution in [0.25, 0.3) is 0 Å². The van der Waals surface area contributed by atoms with Gasteiger partial charge in [0.25, 0.3) is 5.92 Å². The molecule has 0 N–H and O–H groups in total. The van der Waals surface area contributed by atoms with Gasteiger partial charge in [0, 0.05) is 31.3 Å². The number of piperidine rings is 1. The number of halogens is 2. The second kappa shape index (κ2) is 5.55. The fourth-order valence-electron chi connectivity index (χ4n) is 2.86. The number of amides is 1. The molecule has 0 spiro atoms. The zero-order valence-corrected chi connectivity index (χ0v) is 11.3. The van der Waals surface area contributed by atoms with Gasteiger partial charge in [-0.25, -0.2) is 8.78 Å². The summed E-state index contributed by atoms with van der Waals surface area (Å²) >= 11 is 0. The van der Waals surface area contributed by atoms with Crippen LogP contribution in [0.3, 0.4) is 0 Å². The summed E-state index contributed by atoms with van der Waals surface area (Å²) in [6, 6.07) is 0.219. The van der Waals surface area contributed by atoms with Crippen LogP contribution in [0.15, 0.2) is 0 Å². The lowest BCUT2D eigenvalue weighted by atomic mass is 9.99. The molecule has 1 amide bonds. The van der Waals surface area contributed by atoms with Gasteiger partial charge in [-0.15, -0.1) is 0 Å². The number of carbonyl (C=O) groups excluding carboxylic acids is 2. The van der Waals surface area contributed by atoms with Gasteiger partial charge in [-0.1, -0.05) is 6.92 Å². The van der Waals surface area contributed by atoms with Gasteiger partial charge in [-0.3, -0.25) is 9.59 Å². The predicted octanol–water partition coefficient (Wildman–Crippen LogP) is 2.78. The minimum atomic E-state index is -2.67. The number of carbonyl (C=O) groups is 2. The molecule has 3 nitrogen and oxygen atoms in total. The zero-order chi connectivity index (χ0) is 14.0. The van der Waals surface area contributed by atoms with Crippen molar-refractivity contribution in [2.24, 2.45) is 5.92 Å². The Kier molecular flexibility index (Phi) is 4.21. The molecule has 5 heteroatoms. The molecular formula is C14H21F2NO2. The van der Waals surface area contributed by atoms with E-state index in [-0.39, 0.29) is 37.0 Å². The zero-order valence-electron chi connectivity index (χ0n) is 11.3. The molecule has 2 fully saturated rings. The molecule has 0 radical (unpaired) electrons. The molecular weight excluding hydrogens is 252 g/mol. The first kappa shape index (κ1) is 14.4. The van der Waals surface area contributed by atoms with Gasteiger partial charge in [0.2, 0.25) is 5.91 Å². The molecule has 1 aliphatic carbocycles. The topological polar surface area (TPSA) is 37.4 Å². The first-order valence-corrected chi connectivity index (χ1v) is 7.13. The third-order valence-corrected chi connectivity index (χ3v) is 4.20. The Balaban J connectivity index is 1.81. The average molecular weight is 273 g/mol. The number of alkyl halides is 2. The maximum atomic E-state index is 12.7. The van der Waals surface area contributed by atoms with E-state index >= 15 is 0 Å². The second-order valence-corrected chi connectivity index (χ2v) is 5.73. The summed E-state index contributed by atoms with van der Waals surface area (Å²) in [7, 11) is 0. The van der Waals surface area contributed by atoms with E-state index in [0.717, 1.165) is 25.7 Å². The normalized spacial score (nSPS) is 29.1. The van der Waals surface area contributed by atoms with Crippen molar-refractivity contribution in [3.8, 4) is 0 Å². The maximum Gasteiger partial charge on any atom is 0.252 e. The van der Waals surface area contributed by atoms with Gasteiger partial charge in [0.05, 0.1) is 6.42 Å². The Morgan fingerprint density at radius 2 is 2.00 bits per heavy atom. The molecule has 2 aliphatic rings. The fraction of sp³-hybridized carbons (Fsp3) is 0.857. The third-order valence-electron chi connectivity index (χ3n) is 4.20. The van der Waals surface area contributed by atoms with Crippen LogP contribution in [0.2, 0.25) is 0 Å². The molecule has 2 rings (SSSR count). The minimum Gasteiger partial charge on any atom is -0.339 e. The van der Waals surface area contributed by atoms with E-state index in [1.54, 1.807) is 4.90 Å². The molecule has 0 aromatic carbocycles. The van der Waals surface area contributed by atoms with E-state index in [1.807, 2.05) is 6.92 Å². The summed E-state index contributed by atoms with van der Waals surface area (Å²) in [4.78, 5) is 25.5. The van der Waals surface area contributed by atoms with Crippen LogP contribution < -0.4 is 0 Å². The Hall–Kier alpha value is -1.00. The number of hydrogen-bond donors (Lipinski definition) is 0. The summed E-state index contributed by atoms with van der Waals surface area (Å²) in [5, 5.41) is 0. The van der Waals surface area contributed by atoms with Crippen molar-refractivity contribution in [1.82, 2.24) is 4.90 Å². The predicted molar refractivity (Wildman–Crippen MR) is 66.9 cm³/mol. The van der Waals surface area contributed by atoms with E-state index in [1.165, 1.54) is 0 Å². The quantitative estimate of drug-likeness (QED) is 0.722. The van der Waals surface area contributed by atoms with E-state index in [4.69, 9.17) is 0 Å². The molecule has 1 saturated carbocycles. The standard InChI is InChI=1S/C14H21F2NO2/c1-2-11-5-3-4-6-17(11)13(19)8-12(18)7-10-9-14(10,15)16/h10-11H,2-9H2,1H3. The van der Waals surface area contributed by atoms with Crippen LogP contribution in [-0.4, -0.2) is 35.1 Å². The highest BCUT2D eigenvalue weighted by Gasteiger charge is 2.57. The molecule has 0 aromatic rings. The Morgan fingerprint density at radius 3 is 2.58 bits per heavy atom. The van der Waals surface area contributed by atoms with Crippen LogP contribution in [-0.2, 0) is 9.59 Å². The molecule has 19 heavy (non-hydrogen) atoms. The van der Waals surface area contributed by atoms with Crippen molar-refractivity contribution in [2.75, 3.05) is 6.54 Å². The smallest absolute Gasteiger partial charge is 0.252 e. The van der Waals surface area contributed by atoms with Crippen LogP contribution in [0, 0.1) is 5.92 Å². The summed E-state index contributed by atoms with van der Waals surface area (Å²) in [5.74, 6) is -4.01. The maximum absolute atomic E-state index is 12.7. The van der Waals surface area contributed by atoms with E-state index in [9.17, 15) is 18.4 Å². The number of likely N-dealkylation sites (tertiary alicyclic amines) is 1. The highest BCUT2D eigenvalue weighted by molar-refractivity contribution is 5.98. The molecule has 1 saturated heterocycles. The highest BCUT2D eigenvalue weighted by atomic mass is 19.3. The van der Waals surface area contributed by atoms with Gasteiger partial charge in [0.1, 0.15) is 5.78 Å². The Morgan fingerprint density at radius 1 is 1.32 bits per heavy atom. The van der Waals surface area contributed by atoms with Crippen LogP contribution in [0.4, 0.5) is 8.78 Å². The fourth-order valence-corrected chi connectivity index (χ4v) is 2.86. The molecule has 1 aliphatic heterocycles. The van der Waals surface area contributed by atoms with E-state index in [2.05, 4.69) is 0 Å². The summed E-state index contributed by atoms with van der Waals surface area (Å²) in [6.45, 7) is 2.73. The monoisotopic (exact) mass is 273 g/mol. The van der Waals surface area contributed by atoms with Crippen molar-refractivity contribution in [3.63, 3.8) is 0 Å². The first-order chi connectivity index (χ1) is 8.94. The molecule has 2 unspecified atom stereocenters. The number of hydrogen-bond acceptors (Lipinski definition) is 2. The SMILES string of the molecule is CCC1CCCCN1C(=O)CC(=O)CC1CC1(F)F. The Bertz CT molecular complexity index is 370. The van der Waals surface area contributed by atoms with E-state index in [0.29, 0.717) is 6.54 Å². The van der Waals surface area contributed by atoms with Crippen molar-refractivity contribution in [1.29, 1.82) is 0 Å². The van der Waals surface area contributed by atoms with Gasteiger partial charge >= 0.3 is 0 Å². The molecule has 0 aromatic heterocycles. The average Bonchev–Trinajstić information content (AvgIpc) is 2.95. The third kappa shape index (κ3) is 3.51. The summed E-state index contributed by atoms with van der Waals surface area (Å²) < 4.78 is 25.4. The Labute approximate surface area is 112 Å². The molecule has 1 heterocycles. The summed E-state index contributed by atoms with van der Waals surface area (Å²) in [6.07, 6.45) is 3.40. The lowest BCUT2D eigenvalue weighted by Gasteiger charge is -2.35.